The summed E-state index contributed by atoms with van der Waals surface area (Å²) < 4.78 is 5.76. The molecule has 1 aliphatic heterocycles. The van der Waals surface area contributed by atoms with Crippen LogP contribution in [0, 0.1) is 0 Å². The SMILES string of the molecule is NC(=S)c1ccccc1OCCCN1CCCC1. The van der Waals surface area contributed by atoms with E-state index in [1.54, 1.807) is 0 Å². The van der Waals surface area contributed by atoms with Crippen LogP contribution >= 0.6 is 12.2 Å². The summed E-state index contributed by atoms with van der Waals surface area (Å²) >= 11 is 5.01. The lowest BCUT2D eigenvalue weighted by molar-refractivity contribution is 0.263. The van der Waals surface area contributed by atoms with Crippen LogP contribution in [0.2, 0.25) is 0 Å². The number of hydrogen-bond acceptors (Lipinski definition) is 3. The lowest BCUT2D eigenvalue weighted by Gasteiger charge is -2.15. The molecular formula is C14H20N2OS. The van der Waals surface area contributed by atoms with Crippen molar-refractivity contribution in [2.45, 2.75) is 19.3 Å². The Hall–Kier alpha value is -1.13. The molecule has 0 spiro atoms. The molecule has 0 bridgehead atoms. The van der Waals surface area contributed by atoms with Gasteiger partial charge < -0.3 is 15.4 Å². The van der Waals surface area contributed by atoms with E-state index in [4.69, 9.17) is 22.7 Å². The lowest BCUT2D eigenvalue weighted by atomic mass is 10.2. The summed E-state index contributed by atoms with van der Waals surface area (Å²) in [5.74, 6) is 0.798. The van der Waals surface area contributed by atoms with Crippen molar-refractivity contribution in [3.63, 3.8) is 0 Å². The Morgan fingerprint density at radius 3 is 2.72 bits per heavy atom. The summed E-state index contributed by atoms with van der Waals surface area (Å²) in [6.07, 6.45) is 3.72. The molecule has 1 saturated heterocycles. The molecule has 0 atom stereocenters. The first-order valence-corrected chi connectivity index (χ1v) is 6.92. The van der Waals surface area contributed by atoms with E-state index in [1.807, 2.05) is 24.3 Å². The van der Waals surface area contributed by atoms with Crippen molar-refractivity contribution in [1.82, 2.24) is 4.90 Å². The van der Waals surface area contributed by atoms with Gasteiger partial charge in [-0.3, -0.25) is 0 Å². The minimum absolute atomic E-state index is 0.394. The van der Waals surface area contributed by atoms with Crippen molar-refractivity contribution >= 4 is 17.2 Å². The molecule has 1 aliphatic rings. The first-order chi connectivity index (χ1) is 8.77. The van der Waals surface area contributed by atoms with Gasteiger partial charge in [0.25, 0.3) is 0 Å². The number of nitrogens with zero attached hydrogens (tertiary/aromatic N) is 1. The average Bonchev–Trinajstić information content (AvgIpc) is 2.88. The fraction of sp³-hybridized carbons (Fsp3) is 0.500. The maximum Gasteiger partial charge on any atom is 0.129 e. The predicted octanol–water partition coefficient (Wildman–Crippen LogP) is 2.19. The monoisotopic (exact) mass is 264 g/mol. The van der Waals surface area contributed by atoms with E-state index in [1.165, 1.54) is 25.9 Å². The highest BCUT2D eigenvalue weighted by Crippen LogP contribution is 2.18. The van der Waals surface area contributed by atoms with Crippen LogP contribution in [0.25, 0.3) is 0 Å². The molecule has 0 unspecified atom stereocenters. The van der Waals surface area contributed by atoms with Crippen LogP contribution in [0.15, 0.2) is 24.3 Å². The van der Waals surface area contributed by atoms with Gasteiger partial charge in [0.15, 0.2) is 0 Å². The van der Waals surface area contributed by atoms with Crippen molar-refractivity contribution in [3.05, 3.63) is 29.8 Å². The van der Waals surface area contributed by atoms with Crippen molar-refractivity contribution in [2.24, 2.45) is 5.73 Å². The third-order valence-electron chi connectivity index (χ3n) is 3.23. The molecule has 98 valence electrons. The largest absolute Gasteiger partial charge is 0.493 e. The Morgan fingerprint density at radius 1 is 1.28 bits per heavy atom. The van der Waals surface area contributed by atoms with Gasteiger partial charge in [-0.25, -0.2) is 0 Å². The molecule has 0 radical (unpaired) electrons. The van der Waals surface area contributed by atoms with Crippen LogP contribution in [0.4, 0.5) is 0 Å². The van der Waals surface area contributed by atoms with E-state index in [9.17, 15) is 0 Å². The van der Waals surface area contributed by atoms with E-state index in [2.05, 4.69) is 4.90 Å². The second-order valence-electron chi connectivity index (χ2n) is 4.61. The van der Waals surface area contributed by atoms with Gasteiger partial charge in [0.1, 0.15) is 10.7 Å². The third kappa shape index (κ3) is 3.68. The predicted molar refractivity (Wildman–Crippen MR) is 78.1 cm³/mol. The molecule has 1 aromatic rings. The van der Waals surface area contributed by atoms with Crippen LogP contribution in [0.5, 0.6) is 5.75 Å². The quantitative estimate of drug-likeness (QED) is 0.631. The number of nitrogens with two attached hydrogens (primary N) is 1. The number of ether oxygens (including phenoxy) is 1. The van der Waals surface area contributed by atoms with Gasteiger partial charge in [0, 0.05) is 6.54 Å². The minimum atomic E-state index is 0.394. The normalized spacial score (nSPS) is 15.8. The Balaban J connectivity index is 1.77. The number of likely N-dealkylation sites (tertiary alicyclic amines) is 1. The molecule has 0 amide bonds. The first kappa shape index (κ1) is 13.3. The van der Waals surface area contributed by atoms with Gasteiger partial charge in [0.2, 0.25) is 0 Å². The summed E-state index contributed by atoms with van der Waals surface area (Å²) in [4.78, 5) is 2.88. The van der Waals surface area contributed by atoms with E-state index >= 15 is 0 Å². The zero-order valence-electron chi connectivity index (χ0n) is 10.6. The molecule has 1 aromatic carbocycles. The van der Waals surface area contributed by atoms with E-state index in [0.29, 0.717) is 4.99 Å². The number of para-hydroxylation sites is 1. The molecule has 3 nitrogen and oxygen atoms in total. The first-order valence-electron chi connectivity index (χ1n) is 6.51. The summed E-state index contributed by atoms with van der Waals surface area (Å²) in [5.41, 5.74) is 6.49. The maximum atomic E-state index is 5.76. The molecule has 4 heteroatoms. The minimum Gasteiger partial charge on any atom is -0.493 e. The number of thiocarbonyl (C=S) groups is 1. The third-order valence-corrected chi connectivity index (χ3v) is 3.45. The summed E-state index contributed by atoms with van der Waals surface area (Å²) in [6, 6.07) is 7.69. The van der Waals surface area contributed by atoms with Crippen molar-refractivity contribution in [2.75, 3.05) is 26.2 Å². The van der Waals surface area contributed by atoms with E-state index in [-0.39, 0.29) is 0 Å². The molecule has 2 N–H and O–H groups in total. The second kappa shape index (κ2) is 6.71. The molecule has 18 heavy (non-hydrogen) atoms. The Labute approximate surface area is 114 Å². The highest BCUT2D eigenvalue weighted by Gasteiger charge is 2.10. The second-order valence-corrected chi connectivity index (χ2v) is 5.05. The Kier molecular flexibility index (Phi) is 4.96. The summed E-state index contributed by atoms with van der Waals surface area (Å²) in [5, 5.41) is 0. The van der Waals surface area contributed by atoms with Crippen LogP contribution in [-0.2, 0) is 0 Å². The number of hydrogen-bond donors (Lipinski definition) is 1. The highest BCUT2D eigenvalue weighted by atomic mass is 32.1. The van der Waals surface area contributed by atoms with Crippen LogP contribution < -0.4 is 10.5 Å². The number of rotatable bonds is 6. The molecule has 1 fully saturated rings. The molecule has 0 aromatic heterocycles. The Bertz CT molecular complexity index is 403. The van der Waals surface area contributed by atoms with Crippen LogP contribution in [0.1, 0.15) is 24.8 Å². The van der Waals surface area contributed by atoms with Gasteiger partial charge in [-0.1, -0.05) is 24.4 Å². The molecule has 0 saturated carbocycles. The maximum absolute atomic E-state index is 5.76. The van der Waals surface area contributed by atoms with Gasteiger partial charge >= 0.3 is 0 Å². The lowest BCUT2D eigenvalue weighted by Crippen LogP contribution is -2.22. The van der Waals surface area contributed by atoms with Crippen molar-refractivity contribution in [1.29, 1.82) is 0 Å². The molecular weight excluding hydrogens is 244 g/mol. The van der Waals surface area contributed by atoms with Gasteiger partial charge in [-0.05, 0) is 44.5 Å². The van der Waals surface area contributed by atoms with E-state index in [0.717, 1.165) is 30.9 Å². The zero-order valence-corrected chi connectivity index (χ0v) is 11.4. The summed E-state index contributed by atoms with van der Waals surface area (Å²) in [7, 11) is 0. The van der Waals surface area contributed by atoms with Crippen LogP contribution in [0.3, 0.4) is 0 Å². The van der Waals surface area contributed by atoms with E-state index < -0.39 is 0 Å². The topological polar surface area (TPSA) is 38.5 Å². The number of benzene rings is 1. The van der Waals surface area contributed by atoms with Crippen molar-refractivity contribution < 1.29 is 4.74 Å². The fourth-order valence-corrected chi connectivity index (χ4v) is 2.44. The Morgan fingerprint density at radius 2 is 2.00 bits per heavy atom. The zero-order chi connectivity index (χ0) is 12.8. The summed E-state index contributed by atoms with van der Waals surface area (Å²) in [6.45, 7) is 4.32. The van der Waals surface area contributed by atoms with Crippen LogP contribution in [-0.4, -0.2) is 36.1 Å². The fourth-order valence-electron chi connectivity index (χ4n) is 2.27. The molecule has 1 heterocycles. The molecule has 0 aliphatic carbocycles. The average molecular weight is 264 g/mol. The highest BCUT2D eigenvalue weighted by molar-refractivity contribution is 7.80. The van der Waals surface area contributed by atoms with Gasteiger partial charge in [-0.2, -0.15) is 0 Å². The van der Waals surface area contributed by atoms with Gasteiger partial charge in [-0.15, -0.1) is 0 Å². The molecule has 2 rings (SSSR count). The van der Waals surface area contributed by atoms with Gasteiger partial charge in [0.05, 0.1) is 12.2 Å². The standard InChI is InChI=1S/C14H20N2OS/c15-14(18)12-6-1-2-7-13(12)17-11-5-10-16-8-3-4-9-16/h1-2,6-7H,3-5,8-11H2,(H2,15,18). The smallest absolute Gasteiger partial charge is 0.129 e. The van der Waals surface area contributed by atoms with Crippen molar-refractivity contribution in [3.8, 4) is 5.75 Å².